The topological polar surface area (TPSA) is 73.6 Å². The van der Waals surface area contributed by atoms with Gasteiger partial charge in [-0.25, -0.2) is 0 Å². The van der Waals surface area contributed by atoms with Crippen molar-refractivity contribution in [3.8, 4) is 5.75 Å². The van der Waals surface area contributed by atoms with E-state index < -0.39 is 0 Å². The molecular formula is C12H18N2O3. The molecule has 5 nitrogen and oxygen atoms in total. The van der Waals surface area contributed by atoms with Crippen LogP contribution in [0.1, 0.15) is 13.8 Å². The highest BCUT2D eigenvalue weighted by Gasteiger charge is 2.04. The minimum atomic E-state index is -0.290. The largest absolute Gasteiger partial charge is 0.492 e. The Hall–Kier alpha value is -1.91. The van der Waals surface area contributed by atoms with E-state index >= 15 is 0 Å². The van der Waals surface area contributed by atoms with Gasteiger partial charge in [-0.05, 0) is 26.0 Å². The van der Waals surface area contributed by atoms with E-state index in [2.05, 4.69) is 5.32 Å². The van der Waals surface area contributed by atoms with E-state index in [-0.39, 0.29) is 12.5 Å². The zero-order chi connectivity index (χ0) is 12.7. The van der Waals surface area contributed by atoms with Gasteiger partial charge < -0.3 is 20.5 Å². The molecule has 1 rings (SSSR count). The molecule has 0 saturated carbocycles. The van der Waals surface area contributed by atoms with Crippen LogP contribution in [0.3, 0.4) is 0 Å². The lowest BCUT2D eigenvalue weighted by Crippen LogP contribution is -2.16. The number of ether oxygens (including phenoxy) is 2. The van der Waals surface area contributed by atoms with E-state index in [1.807, 2.05) is 6.92 Å². The highest BCUT2D eigenvalue weighted by Crippen LogP contribution is 2.25. The van der Waals surface area contributed by atoms with Gasteiger partial charge in [-0.3, -0.25) is 4.79 Å². The fourth-order valence-corrected chi connectivity index (χ4v) is 1.31. The van der Waals surface area contributed by atoms with Gasteiger partial charge in [0.05, 0.1) is 18.9 Å². The molecule has 0 aliphatic rings. The average molecular weight is 238 g/mol. The second kappa shape index (κ2) is 6.62. The van der Waals surface area contributed by atoms with Crippen molar-refractivity contribution in [3.63, 3.8) is 0 Å². The lowest BCUT2D eigenvalue weighted by atomic mass is 10.2. The molecule has 1 aromatic carbocycles. The number of esters is 1. The number of anilines is 2. The molecule has 0 radical (unpaired) electrons. The van der Waals surface area contributed by atoms with Crippen LogP contribution >= 0.6 is 0 Å². The molecule has 0 spiro atoms. The lowest BCUT2D eigenvalue weighted by Gasteiger charge is -2.10. The van der Waals surface area contributed by atoms with Crippen molar-refractivity contribution in [1.82, 2.24) is 0 Å². The van der Waals surface area contributed by atoms with Gasteiger partial charge in [-0.2, -0.15) is 0 Å². The molecule has 0 aliphatic heterocycles. The van der Waals surface area contributed by atoms with Gasteiger partial charge in [0.2, 0.25) is 0 Å². The second-order valence-electron chi connectivity index (χ2n) is 3.34. The van der Waals surface area contributed by atoms with E-state index in [0.29, 0.717) is 24.7 Å². The zero-order valence-electron chi connectivity index (χ0n) is 10.2. The molecule has 0 fully saturated rings. The number of nitrogen functional groups attached to an aromatic ring is 1. The van der Waals surface area contributed by atoms with Crippen LogP contribution in [0, 0.1) is 0 Å². The Morgan fingerprint density at radius 1 is 1.35 bits per heavy atom. The Morgan fingerprint density at radius 2 is 2.12 bits per heavy atom. The molecule has 0 atom stereocenters. The first-order valence-electron chi connectivity index (χ1n) is 5.59. The summed E-state index contributed by atoms with van der Waals surface area (Å²) in [5.74, 6) is 0.323. The fourth-order valence-electron chi connectivity index (χ4n) is 1.31. The van der Waals surface area contributed by atoms with Gasteiger partial charge in [0.1, 0.15) is 12.3 Å². The Morgan fingerprint density at radius 3 is 2.76 bits per heavy atom. The smallest absolute Gasteiger partial charge is 0.325 e. The van der Waals surface area contributed by atoms with Crippen LogP contribution in [0.4, 0.5) is 11.4 Å². The highest BCUT2D eigenvalue weighted by molar-refractivity contribution is 5.75. The van der Waals surface area contributed by atoms with Gasteiger partial charge >= 0.3 is 5.97 Å². The van der Waals surface area contributed by atoms with Crippen LogP contribution in [0.25, 0.3) is 0 Å². The van der Waals surface area contributed by atoms with Crippen molar-refractivity contribution in [1.29, 1.82) is 0 Å². The van der Waals surface area contributed by atoms with Gasteiger partial charge in [-0.1, -0.05) is 0 Å². The van der Waals surface area contributed by atoms with Gasteiger partial charge in [-0.15, -0.1) is 0 Å². The number of nitrogens with two attached hydrogens (primary N) is 1. The molecule has 3 N–H and O–H groups in total. The normalized spacial score (nSPS) is 9.76. The summed E-state index contributed by atoms with van der Waals surface area (Å²) < 4.78 is 10.2. The summed E-state index contributed by atoms with van der Waals surface area (Å²) in [4.78, 5) is 11.2. The Balaban J connectivity index is 2.59. The molecule has 0 amide bonds. The third kappa shape index (κ3) is 4.22. The average Bonchev–Trinajstić information content (AvgIpc) is 2.31. The molecule has 0 heterocycles. The molecule has 5 heteroatoms. The van der Waals surface area contributed by atoms with Crippen molar-refractivity contribution in [3.05, 3.63) is 18.2 Å². The van der Waals surface area contributed by atoms with E-state index in [9.17, 15) is 4.79 Å². The Kier molecular flexibility index (Phi) is 5.13. The standard InChI is InChI=1S/C12H18N2O3/c1-3-16-11-7-9(5-6-10(11)13)14-8-12(15)17-4-2/h5-7,14H,3-4,8,13H2,1-2H3. The summed E-state index contributed by atoms with van der Waals surface area (Å²) >= 11 is 0. The second-order valence-corrected chi connectivity index (χ2v) is 3.34. The number of benzene rings is 1. The number of hydrogen-bond acceptors (Lipinski definition) is 5. The maximum atomic E-state index is 11.2. The van der Waals surface area contributed by atoms with Crippen LogP contribution in [0.15, 0.2) is 18.2 Å². The Bertz CT molecular complexity index is 380. The fraction of sp³-hybridized carbons (Fsp3) is 0.417. The molecule has 1 aromatic rings. The predicted molar refractivity (Wildman–Crippen MR) is 67.1 cm³/mol. The maximum Gasteiger partial charge on any atom is 0.325 e. The van der Waals surface area contributed by atoms with E-state index in [1.165, 1.54) is 0 Å². The van der Waals surface area contributed by atoms with Crippen molar-refractivity contribution >= 4 is 17.3 Å². The maximum absolute atomic E-state index is 11.2. The summed E-state index contributed by atoms with van der Waals surface area (Å²) in [6.45, 7) is 4.72. The molecule has 0 aromatic heterocycles. The Labute approximate surface area is 101 Å². The van der Waals surface area contributed by atoms with E-state index in [4.69, 9.17) is 15.2 Å². The van der Waals surface area contributed by atoms with Crippen molar-refractivity contribution in [2.24, 2.45) is 0 Å². The number of rotatable bonds is 6. The number of hydrogen-bond donors (Lipinski definition) is 2. The molecular weight excluding hydrogens is 220 g/mol. The molecule has 0 bridgehead atoms. The lowest BCUT2D eigenvalue weighted by molar-refractivity contribution is -0.140. The third-order valence-corrected chi connectivity index (χ3v) is 2.06. The van der Waals surface area contributed by atoms with Crippen molar-refractivity contribution in [2.45, 2.75) is 13.8 Å². The summed E-state index contributed by atoms with van der Waals surface area (Å²) in [6, 6.07) is 5.29. The number of carbonyl (C=O) groups excluding carboxylic acids is 1. The number of nitrogens with one attached hydrogen (secondary N) is 1. The van der Waals surface area contributed by atoms with Crippen LogP contribution in [0.2, 0.25) is 0 Å². The van der Waals surface area contributed by atoms with E-state index in [1.54, 1.807) is 25.1 Å². The first-order chi connectivity index (χ1) is 8.17. The molecule has 94 valence electrons. The predicted octanol–water partition coefficient (Wildman–Crippen LogP) is 1.64. The van der Waals surface area contributed by atoms with Gasteiger partial charge in [0.15, 0.2) is 0 Å². The first kappa shape index (κ1) is 13.2. The SMILES string of the molecule is CCOC(=O)CNc1ccc(N)c(OCC)c1. The van der Waals surface area contributed by atoms with Crippen LogP contribution in [0.5, 0.6) is 5.75 Å². The molecule has 0 aliphatic carbocycles. The monoisotopic (exact) mass is 238 g/mol. The van der Waals surface area contributed by atoms with Crippen LogP contribution < -0.4 is 15.8 Å². The first-order valence-corrected chi connectivity index (χ1v) is 5.59. The van der Waals surface area contributed by atoms with Crippen molar-refractivity contribution < 1.29 is 14.3 Å². The minimum absolute atomic E-state index is 0.128. The third-order valence-electron chi connectivity index (χ3n) is 2.06. The highest BCUT2D eigenvalue weighted by atomic mass is 16.5. The quantitative estimate of drug-likeness (QED) is 0.582. The molecule has 0 unspecified atom stereocenters. The number of carbonyl (C=O) groups is 1. The summed E-state index contributed by atoms with van der Waals surface area (Å²) in [5, 5.41) is 2.95. The van der Waals surface area contributed by atoms with Crippen LogP contribution in [-0.4, -0.2) is 25.7 Å². The van der Waals surface area contributed by atoms with Gasteiger partial charge in [0.25, 0.3) is 0 Å². The summed E-state index contributed by atoms with van der Waals surface area (Å²) in [5.41, 5.74) is 7.09. The van der Waals surface area contributed by atoms with Crippen LogP contribution in [-0.2, 0) is 9.53 Å². The molecule has 17 heavy (non-hydrogen) atoms. The zero-order valence-corrected chi connectivity index (χ0v) is 10.2. The van der Waals surface area contributed by atoms with Gasteiger partial charge in [0, 0.05) is 11.8 Å². The summed E-state index contributed by atoms with van der Waals surface area (Å²) in [7, 11) is 0. The molecule has 0 saturated heterocycles. The minimum Gasteiger partial charge on any atom is -0.492 e. The summed E-state index contributed by atoms with van der Waals surface area (Å²) in [6.07, 6.45) is 0. The van der Waals surface area contributed by atoms with Crippen molar-refractivity contribution in [2.75, 3.05) is 30.8 Å². The van der Waals surface area contributed by atoms with E-state index in [0.717, 1.165) is 5.69 Å².